The summed E-state index contributed by atoms with van der Waals surface area (Å²) in [5, 5.41) is 7.08. The molecule has 4 rings (SSSR count). The molecule has 0 unspecified atom stereocenters. The van der Waals surface area contributed by atoms with E-state index in [0.717, 1.165) is 42.3 Å². The SMILES string of the molecule is CN(C)CCCC(=O)Nc1cnc(-c2cccc(Cn3nc(-c4cc(F)cc(F)c4)ccc3=O)c2)nc1. The van der Waals surface area contributed by atoms with Crippen LogP contribution in [-0.4, -0.2) is 51.2 Å². The molecule has 0 aliphatic heterocycles. The van der Waals surface area contributed by atoms with Gasteiger partial charge in [-0.05, 0) is 56.9 Å². The van der Waals surface area contributed by atoms with Crippen molar-refractivity contribution in [3.63, 3.8) is 0 Å². The number of anilines is 1. The van der Waals surface area contributed by atoms with Crippen molar-refractivity contribution < 1.29 is 13.6 Å². The van der Waals surface area contributed by atoms with Gasteiger partial charge in [0.15, 0.2) is 5.82 Å². The van der Waals surface area contributed by atoms with Gasteiger partial charge in [0, 0.05) is 29.7 Å². The Bertz CT molecular complexity index is 1430. The highest BCUT2D eigenvalue weighted by Gasteiger charge is 2.10. The average molecular weight is 505 g/mol. The van der Waals surface area contributed by atoms with Crippen LogP contribution in [0.3, 0.4) is 0 Å². The van der Waals surface area contributed by atoms with Gasteiger partial charge in [-0.2, -0.15) is 5.10 Å². The second-order valence-corrected chi connectivity index (χ2v) is 8.82. The summed E-state index contributed by atoms with van der Waals surface area (Å²) in [5.74, 6) is -1.09. The lowest BCUT2D eigenvalue weighted by Crippen LogP contribution is -2.22. The first-order valence-corrected chi connectivity index (χ1v) is 11.7. The Kier molecular flexibility index (Phi) is 8.09. The van der Waals surface area contributed by atoms with E-state index in [4.69, 9.17) is 0 Å². The second kappa shape index (κ2) is 11.6. The number of aromatic nitrogens is 4. The lowest BCUT2D eigenvalue weighted by Gasteiger charge is -2.10. The first kappa shape index (κ1) is 25.8. The van der Waals surface area contributed by atoms with Gasteiger partial charge in [-0.3, -0.25) is 9.59 Å². The molecule has 0 atom stereocenters. The van der Waals surface area contributed by atoms with Crippen molar-refractivity contribution in [1.82, 2.24) is 24.6 Å². The Morgan fingerprint density at radius 3 is 2.41 bits per heavy atom. The van der Waals surface area contributed by atoms with Crippen LogP contribution in [0.5, 0.6) is 0 Å². The number of nitrogens with zero attached hydrogens (tertiary/aromatic N) is 5. The smallest absolute Gasteiger partial charge is 0.267 e. The molecule has 0 saturated heterocycles. The number of carbonyl (C=O) groups excluding carboxylic acids is 1. The summed E-state index contributed by atoms with van der Waals surface area (Å²) in [6.07, 6.45) is 4.26. The van der Waals surface area contributed by atoms with E-state index in [1.807, 2.05) is 43.3 Å². The zero-order valence-corrected chi connectivity index (χ0v) is 20.5. The molecule has 4 aromatic rings. The molecule has 0 spiro atoms. The number of carbonyl (C=O) groups is 1. The van der Waals surface area contributed by atoms with Gasteiger partial charge in [-0.25, -0.2) is 23.4 Å². The first-order chi connectivity index (χ1) is 17.8. The van der Waals surface area contributed by atoms with Gasteiger partial charge >= 0.3 is 0 Å². The zero-order chi connectivity index (χ0) is 26.4. The highest BCUT2D eigenvalue weighted by atomic mass is 19.1. The highest BCUT2D eigenvalue weighted by Crippen LogP contribution is 2.20. The van der Waals surface area contributed by atoms with Crippen molar-refractivity contribution in [3.8, 4) is 22.6 Å². The minimum Gasteiger partial charge on any atom is -0.323 e. The number of hydrogen-bond acceptors (Lipinski definition) is 6. The summed E-state index contributed by atoms with van der Waals surface area (Å²) < 4.78 is 28.5. The standard InChI is InChI=1S/C27H26F2N6O2/c1-34(2)10-4-7-25(36)32-23-15-30-27(31-16-23)19-6-3-5-18(11-19)17-35-26(37)9-8-24(33-35)20-12-21(28)14-22(29)13-20/h3,5-6,8-9,11-16H,4,7,10,17H2,1-2H3,(H,32,36). The quantitative estimate of drug-likeness (QED) is 0.371. The van der Waals surface area contributed by atoms with Gasteiger partial charge in [-0.15, -0.1) is 0 Å². The van der Waals surface area contributed by atoms with Gasteiger partial charge in [0.1, 0.15) is 11.6 Å². The van der Waals surface area contributed by atoms with E-state index in [9.17, 15) is 18.4 Å². The molecule has 190 valence electrons. The minimum absolute atomic E-state index is 0.0960. The summed E-state index contributed by atoms with van der Waals surface area (Å²) in [7, 11) is 3.92. The van der Waals surface area contributed by atoms with E-state index >= 15 is 0 Å². The Morgan fingerprint density at radius 1 is 0.973 bits per heavy atom. The monoisotopic (exact) mass is 504 g/mol. The Balaban J connectivity index is 1.47. The molecule has 2 aromatic carbocycles. The van der Waals surface area contributed by atoms with Gasteiger partial charge in [0.2, 0.25) is 5.91 Å². The molecule has 0 aliphatic rings. The first-order valence-electron chi connectivity index (χ1n) is 11.7. The van der Waals surface area contributed by atoms with E-state index in [0.29, 0.717) is 17.9 Å². The Hall–Kier alpha value is -4.31. The maximum absolute atomic E-state index is 13.6. The molecule has 0 fully saturated rings. The number of amides is 1. The highest BCUT2D eigenvalue weighted by molar-refractivity contribution is 5.90. The molecule has 2 heterocycles. The van der Waals surface area contributed by atoms with Crippen LogP contribution < -0.4 is 10.9 Å². The largest absolute Gasteiger partial charge is 0.323 e. The number of hydrogen-bond donors (Lipinski definition) is 1. The normalized spacial score (nSPS) is 11.1. The zero-order valence-electron chi connectivity index (χ0n) is 20.5. The van der Waals surface area contributed by atoms with Crippen molar-refractivity contribution in [2.45, 2.75) is 19.4 Å². The van der Waals surface area contributed by atoms with Gasteiger partial charge in [0.05, 0.1) is 30.3 Å². The van der Waals surface area contributed by atoms with Crippen molar-refractivity contribution in [3.05, 3.63) is 94.5 Å². The molecule has 1 N–H and O–H groups in total. The summed E-state index contributed by atoms with van der Waals surface area (Å²) in [5.41, 5.74) is 2.15. The van der Waals surface area contributed by atoms with Crippen LogP contribution >= 0.6 is 0 Å². The van der Waals surface area contributed by atoms with Crippen LogP contribution in [0.2, 0.25) is 0 Å². The van der Waals surface area contributed by atoms with E-state index in [-0.39, 0.29) is 29.3 Å². The van der Waals surface area contributed by atoms with Crippen LogP contribution in [0.1, 0.15) is 18.4 Å². The molecular weight excluding hydrogens is 478 g/mol. The molecule has 0 radical (unpaired) electrons. The van der Waals surface area contributed by atoms with Crippen LogP contribution in [0, 0.1) is 11.6 Å². The van der Waals surface area contributed by atoms with Crippen molar-refractivity contribution >= 4 is 11.6 Å². The topological polar surface area (TPSA) is 93.0 Å². The third-order valence-electron chi connectivity index (χ3n) is 5.49. The molecule has 0 aliphatic carbocycles. The minimum atomic E-state index is -0.725. The fraction of sp³-hybridized carbons (Fsp3) is 0.222. The molecule has 8 nitrogen and oxygen atoms in total. The fourth-order valence-electron chi connectivity index (χ4n) is 3.72. The average Bonchev–Trinajstić information content (AvgIpc) is 2.85. The lowest BCUT2D eigenvalue weighted by molar-refractivity contribution is -0.116. The predicted molar refractivity (Wildman–Crippen MR) is 137 cm³/mol. The number of nitrogens with one attached hydrogen (secondary N) is 1. The fourth-order valence-corrected chi connectivity index (χ4v) is 3.72. The van der Waals surface area contributed by atoms with Crippen LogP contribution in [0.15, 0.2) is 71.8 Å². The Labute approximate surface area is 212 Å². The number of rotatable bonds is 9. The molecule has 1 amide bonds. The summed E-state index contributed by atoms with van der Waals surface area (Å²) in [6, 6.07) is 13.1. The molecule has 0 bridgehead atoms. The molecule has 2 aromatic heterocycles. The van der Waals surface area contributed by atoms with Crippen molar-refractivity contribution in [1.29, 1.82) is 0 Å². The predicted octanol–water partition coefficient (Wildman–Crippen LogP) is 3.97. The van der Waals surface area contributed by atoms with Crippen LogP contribution in [-0.2, 0) is 11.3 Å². The Morgan fingerprint density at radius 2 is 1.70 bits per heavy atom. The van der Waals surface area contributed by atoms with E-state index in [2.05, 4.69) is 20.4 Å². The van der Waals surface area contributed by atoms with Crippen molar-refractivity contribution in [2.75, 3.05) is 26.0 Å². The summed E-state index contributed by atoms with van der Waals surface area (Å²) in [6.45, 7) is 0.966. The third kappa shape index (κ3) is 7.11. The maximum Gasteiger partial charge on any atom is 0.267 e. The van der Waals surface area contributed by atoms with Gasteiger partial charge in [0.25, 0.3) is 5.56 Å². The summed E-state index contributed by atoms with van der Waals surface area (Å²) in [4.78, 5) is 35.2. The molecule has 0 saturated carbocycles. The van der Waals surface area contributed by atoms with Crippen LogP contribution in [0.4, 0.5) is 14.5 Å². The van der Waals surface area contributed by atoms with E-state index in [1.165, 1.54) is 16.8 Å². The summed E-state index contributed by atoms with van der Waals surface area (Å²) >= 11 is 0. The number of halogens is 2. The van der Waals surface area contributed by atoms with E-state index in [1.54, 1.807) is 12.4 Å². The van der Waals surface area contributed by atoms with Crippen molar-refractivity contribution in [2.24, 2.45) is 0 Å². The third-order valence-corrected chi connectivity index (χ3v) is 5.49. The molecule has 37 heavy (non-hydrogen) atoms. The van der Waals surface area contributed by atoms with Gasteiger partial charge < -0.3 is 10.2 Å². The number of benzene rings is 2. The lowest BCUT2D eigenvalue weighted by atomic mass is 10.1. The second-order valence-electron chi connectivity index (χ2n) is 8.82. The van der Waals surface area contributed by atoms with Gasteiger partial charge in [-0.1, -0.05) is 18.2 Å². The molecule has 10 heteroatoms. The molecular formula is C27H26F2N6O2. The maximum atomic E-state index is 13.6. The van der Waals surface area contributed by atoms with E-state index < -0.39 is 11.6 Å². The van der Waals surface area contributed by atoms with Crippen LogP contribution in [0.25, 0.3) is 22.6 Å².